The zero-order valence-corrected chi connectivity index (χ0v) is 12.0. The molecule has 0 saturated heterocycles. The van der Waals surface area contributed by atoms with Crippen molar-refractivity contribution < 1.29 is 9.59 Å². The zero-order valence-electron chi connectivity index (χ0n) is 12.0. The lowest BCUT2D eigenvalue weighted by atomic mass is 10.1. The normalized spacial score (nSPS) is 10.1. The maximum atomic E-state index is 12.0. The van der Waals surface area contributed by atoms with Crippen molar-refractivity contribution in [1.82, 2.24) is 10.3 Å². The second-order valence-electron chi connectivity index (χ2n) is 4.56. The zero-order chi connectivity index (χ0) is 15.0. The number of rotatable bonds is 8. The molecule has 2 amide bonds. The van der Waals surface area contributed by atoms with Gasteiger partial charge in [0.2, 0.25) is 5.91 Å². The molecule has 0 fully saturated rings. The number of aryl methyl sites for hydroxylation is 1. The van der Waals surface area contributed by atoms with Gasteiger partial charge in [0.1, 0.15) is 5.82 Å². The van der Waals surface area contributed by atoms with E-state index in [1.165, 1.54) is 0 Å². The number of hydrogen-bond donors (Lipinski definition) is 3. The van der Waals surface area contributed by atoms with Gasteiger partial charge in [-0.25, -0.2) is 4.98 Å². The Bertz CT molecular complexity index is 474. The van der Waals surface area contributed by atoms with Crippen LogP contribution in [0.2, 0.25) is 0 Å². The Labute approximate surface area is 119 Å². The van der Waals surface area contributed by atoms with Crippen molar-refractivity contribution >= 4 is 17.6 Å². The molecule has 4 N–H and O–H groups in total. The molecule has 1 rings (SSSR count). The van der Waals surface area contributed by atoms with Gasteiger partial charge in [-0.3, -0.25) is 9.59 Å². The van der Waals surface area contributed by atoms with Crippen LogP contribution in [0.5, 0.6) is 0 Å². The third kappa shape index (κ3) is 5.26. The maximum Gasteiger partial charge on any atom is 0.251 e. The van der Waals surface area contributed by atoms with E-state index in [4.69, 9.17) is 5.73 Å². The van der Waals surface area contributed by atoms with Gasteiger partial charge in [0.15, 0.2) is 0 Å². The van der Waals surface area contributed by atoms with Crippen molar-refractivity contribution in [1.29, 1.82) is 0 Å². The number of pyridine rings is 1. The molecule has 0 aliphatic rings. The monoisotopic (exact) mass is 278 g/mol. The third-order valence-corrected chi connectivity index (χ3v) is 2.79. The predicted octanol–water partition coefficient (Wildman–Crippen LogP) is 1.07. The minimum atomic E-state index is -0.356. The number of carbonyl (C=O) groups excluding carboxylic acids is 2. The van der Waals surface area contributed by atoms with Crippen LogP contribution in [-0.4, -0.2) is 30.4 Å². The van der Waals surface area contributed by atoms with Gasteiger partial charge >= 0.3 is 0 Å². The lowest BCUT2D eigenvalue weighted by molar-refractivity contribution is -0.118. The first kappa shape index (κ1) is 15.9. The first-order valence-corrected chi connectivity index (χ1v) is 6.82. The van der Waals surface area contributed by atoms with E-state index >= 15 is 0 Å². The summed E-state index contributed by atoms with van der Waals surface area (Å²) in [4.78, 5) is 27.0. The number of nitrogens with two attached hydrogens (primary N) is 1. The van der Waals surface area contributed by atoms with Crippen LogP contribution in [0, 0.1) is 0 Å². The van der Waals surface area contributed by atoms with Crippen LogP contribution in [-0.2, 0) is 11.2 Å². The highest BCUT2D eigenvalue weighted by molar-refractivity contribution is 5.95. The van der Waals surface area contributed by atoms with E-state index in [9.17, 15) is 9.59 Å². The predicted molar refractivity (Wildman–Crippen MR) is 78.5 cm³/mol. The Morgan fingerprint density at radius 3 is 2.70 bits per heavy atom. The molecule has 0 atom stereocenters. The standard InChI is InChI=1S/C14H22N4O2/c1-3-5-11-8-10(9-13(16-2)18-11)14(20)17-7-4-6-12(15)19/h8-9H,3-7H2,1-2H3,(H2,15,19)(H,16,18)(H,17,20). The molecule has 6 nitrogen and oxygen atoms in total. The number of carbonyl (C=O) groups is 2. The molecule has 0 spiro atoms. The van der Waals surface area contributed by atoms with Gasteiger partial charge in [-0.05, 0) is 25.0 Å². The van der Waals surface area contributed by atoms with Crippen LogP contribution < -0.4 is 16.4 Å². The minimum Gasteiger partial charge on any atom is -0.373 e. The number of amides is 2. The van der Waals surface area contributed by atoms with Crippen LogP contribution in [0.4, 0.5) is 5.82 Å². The molecule has 20 heavy (non-hydrogen) atoms. The van der Waals surface area contributed by atoms with Gasteiger partial charge in [-0.2, -0.15) is 0 Å². The molecule has 0 aliphatic heterocycles. The molecule has 0 bridgehead atoms. The Hall–Kier alpha value is -2.11. The lowest BCUT2D eigenvalue weighted by Crippen LogP contribution is -2.26. The Morgan fingerprint density at radius 2 is 2.10 bits per heavy atom. The Balaban J connectivity index is 2.66. The van der Waals surface area contributed by atoms with Crippen LogP contribution >= 0.6 is 0 Å². The molecule has 0 aliphatic carbocycles. The number of aromatic nitrogens is 1. The van der Waals surface area contributed by atoms with Crippen LogP contribution in [0.1, 0.15) is 42.2 Å². The summed E-state index contributed by atoms with van der Waals surface area (Å²) in [5.74, 6) is 0.162. The van der Waals surface area contributed by atoms with Crippen molar-refractivity contribution in [3.8, 4) is 0 Å². The van der Waals surface area contributed by atoms with E-state index in [1.54, 1.807) is 19.2 Å². The SMILES string of the molecule is CCCc1cc(C(=O)NCCCC(N)=O)cc(NC)n1. The summed E-state index contributed by atoms with van der Waals surface area (Å²) in [6, 6.07) is 3.51. The van der Waals surface area contributed by atoms with Crippen molar-refractivity contribution in [2.45, 2.75) is 32.6 Å². The highest BCUT2D eigenvalue weighted by atomic mass is 16.2. The van der Waals surface area contributed by atoms with Gasteiger partial charge in [-0.1, -0.05) is 13.3 Å². The summed E-state index contributed by atoms with van der Waals surface area (Å²) >= 11 is 0. The average molecular weight is 278 g/mol. The van der Waals surface area contributed by atoms with Crippen molar-refractivity contribution in [2.75, 3.05) is 18.9 Å². The van der Waals surface area contributed by atoms with Crippen LogP contribution in [0.25, 0.3) is 0 Å². The summed E-state index contributed by atoms with van der Waals surface area (Å²) in [5.41, 5.74) is 6.51. The minimum absolute atomic E-state index is 0.161. The number of anilines is 1. The molecule has 1 heterocycles. The number of primary amides is 1. The average Bonchev–Trinajstić information content (AvgIpc) is 2.43. The van der Waals surface area contributed by atoms with Crippen LogP contribution in [0.3, 0.4) is 0 Å². The smallest absolute Gasteiger partial charge is 0.251 e. The molecule has 1 aromatic rings. The molecule has 1 aromatic heterocycles. The molecule has 0 aromatic carbocycles. The van der Waals surface area contributed by atoms with E-state index in [0.29, 0.717) is 24.3 Å². The van der Waals surface area contributed by atoms with Gasteiger partial charge in [0, 0.05) is 31.3 Å². The molecule has 0 unspecified atom stereocenters. The van der Waals surface area contributed by atoms with Crippen molar-refractivity contribution in [3.05, 3.63) is 23.4 Å². The Morgan fingerprint density at radius 1 is 1.35 bits per heavy atom. The molecule has 0 radical (unpaired) electrons. The second-order valence-corrected chi connectivity index (χ2v) is 4.56. The van der Waals surface area contributed by atoms with E-state index in [2.05, 4.69) is 22.5 Å². The third-order valence-electron chi connectivity index (χ3n) is 2.79. The topological polar surface area (TPSA) is 97.1 Å². The molecule has 0 saturated carbocycles. The van der Waals surface area contributed by atoms with E-state index in [1.807, 2.05) is 0 Å². The van der Waals surface area contributed by atoms with Crippen molar-refractivity contribution in [2.24, 2.45) is 5.73 Å². The number of nitrogens with one attached hydrogen (secondary N) is 2. The summed E-state index contributed by atoms with van der Waals surface area (Å²) in [5, 5.41) is 5.72. The summed E-state index contributed by atoms with van der Waals surface area (Å²) in [6.45, 7) is 2.50. The summed E-state index contributed by atoms with van der Waals surface area (Å²) in [7, 11) is 1.77. The quantitative estimate of drug-likeness (QED) is 0.620. The maximum absolute atomic E-state index is 12.0. The fourth-order valence-corrected chi connectivity index (χ4v) is 1.80. The first-order chi connectivity index (χ1) is 9.56. The fraction of sp³-hybridized carbons (Fsp3) is 0.500. The first-order valence-electron chi connectivity index (χ1n) is 6.82. The van der Waals surface area contributed by atoms with Crippen molar-refractivity contribution in [3.63, 3.8) is 0 Å². The number of nitrogens with zero attached hydrogens (tertiary/aromatic N) is 1. The second kappa shape index (κ2) is 8.14. The molecule has 110 valence electrons. The van der Waals surface area contributed by atoms with E-state index in [-0.39, 0.29) is 18.2 Å². The largest absolute Gasteiger partial charge is 0.373 e. The van der Waals surface area contributed by atoms with Gasteiger partial charge < -0.3 is 16.4 Å². The highest BCUT2D eigenvalue weighted by Gasteiger charge is 2.09. The molecular weight excluding hydrogens is 256 g/mol. The number of hydrogen-bond acceptors (Lipinski definition) is 4. The Kier molecular flexibility index (Phi) is 6.49. The highest BCUT2D eigenvalue weighted by Crippen LogP contribution is 2.11. The lowest BCUT2D eigenvalue weighted by Gasteiger charge is -2.09. The van der Waals surface area contributed by atoms with Gasteiger partial charge in [0.25, 0.3) is 5.91 Å². The van der Waals surface area contributed by atoms with E-state index in [0.717, 1.165) is 18.5 Å². The van der Waals surface area contributed by atoms with Crippen LogP contribution in [0.15, 0.2) is 12.1 Å². The fourth-order valence-electron chi connectivity index (χ4n) is 1.80. The summed E-state index contributed by atoms with van der Waals surface area (Å²) < 4.78 is 0. The summed E-state index contributed by atoms with van der Waals surface area (Å²) in [6.07, 6.45) is 2.63. The van der Waals surface area contributed by atoms with E-state index < -0.39 is 0 Å². The van der Waals surface area contributed by atoms with Gasteiger partial charge in [0.05, 0.1) is 0 Å². The van der Waals surface area contributed by atoms with Gasteiger partial charge in [-0.15, -0.1) is 0 Å². The molecule has 6 heteroatoms. The molecular formula is C14H22N4O2.